The third-order valence-electron chi connectivity index (χ3n) is 13.0. The summed E-state index contributed by atoms with van der Waals surface area (Å²) in [5.74, 6) is -0.143. The minimum atomic E-state index is -4.31. The van der Waals surface area contributed by atoms with Gasteiger partial charge in [-0.05, 0) is 44.9 Å². The van der Waals surface area contributed by atoms with Crippen molar-refractivity contribution in [2.45, 2.75) is 289 Å². The molecule has 3 unspecified atom stereocenters. The first-order chi connectivity index (χ1) is 31.5. The number of allylic oxidation sites excluding steroid dienone is 4. The molecule has 8 nitrogen and oxygen atoms in total. The molecule has 0 radical (unpaired) electrons. The Bertz CT molecular complexity index is 1110. The highest BCUT2D eigenvalue weighted by molar-refractivity contribution is 7.47. The number of nitrogens with zero attached hydrogens (tertiary/aromatic N) is 1. The maximum absolute atomic E-state index is 12.9. The van der Waals surface area contributed by atoms with Gasteiger partial charge < -0.3 is 19.8 Å². The Kier molecular flexibility index (Phi) is 47.3. The molecule has 0 bridgehead atoms. The normalized spacial score (nSPS) is 14.1. The summed E-state index contributed by atoms with van der Waals surface area (Å²) < 4.78 is 23.6. The zero-order valence-electron chi connectivity index (χ0n) is 44.0. The monoisotopic (exact) mass is 940 g/mol. The van der Waals surface area contributed by atoms with Crippen molar-refractivity contribution in [3.05, 3.63) is 24.3 Å². The van der Waals surface area contributed by atoms with Gasteiger partial charge in [0.05, 0.1) is 39.9 Å². The van der Waals surface area contributed by atoms with E-state index in [9.17, 15) is 19.4 Å². The zero-order valence-corrected chi connectivity index (χ0v) is 44.9. The van der Waals surface area contributed by atoms with Crippen molar-refractivity contribution >= 4 is 13.7 Å². The minimum absolute atomic E-state index is 0.0767. The molecule has 0 saturated carbocycles. The fourth-order valence-corrected chi connectivity index (χ4v) is 9.23. The summed E-state index contributed by atoms with van der Waals surface area (Å²) in [6, 6.07) is -0.754. The highest BCUT2D eigenvalue weighted by Crippen LogP contribution is 2.43. The lowest BCUT2D eigenvalue weighted by Crippen LogP contribution is -2.46. The van der Waals surface area contributed by atoms with Gasteiger partial charge in [0.2, 0.25) is 5.91 Å². The van der Waals surface area contributed by atoms with Crippen LogP contribution in [0.15, 0.2) is 24.3 Å². The van der Waals surface area contributed by atoms with E-state index in [0.29, 0.717) is 23.9 Å². The number of aliphatic hydroxyl groups is 1. The number of hydrogen-bond donors (Lipinski definition) is 3. The van der Waals surface area contributed by atoms with Crippen LogP contribution >= 0.6 is 7.82 Å². The van der Waals surface area contributed by atoms with Crippen LogP contribution in [0, 0.1) is 0 Å². The molecule has 0 aromatic carbocycles. The van der Waals surface area contributed by atoms with Gasteiger partial charge in [0.1, 0.15) is 13.2 Å². The molecule has 0 aromatic heterocycles. The van der Waals surface area contributed by atoms with Crippen molar-refractivity contribution in [3.8, 4) is 0 Å². The topological polar surface area (TPSA) is 105 Å². The SMILES string of the molecule is CCCCCCC/C=C\C/C=C\CCCCCCCCCCCCCCCCCCCCCCCCCC(=O)NC(COP(=O)(O)OCC[N+](C)(C)C)C(O)CCCCCCCCCC. The van der Waals surface area contributed by atoms with Crippen LogP contribution in [0.5, 0.6) is 0 Å². The molecule has 9 heteroatoms. The number of phosphoric acid groups is 1. The van der Waals surface area contributed by atoms with Gasteiger partial charge in [-0.3, -0.25) is 13.8 Å². The fraction of sp³-hybridized carbons (Fsp3) is 0.911. The maximum Gasteiger partial charge on any atom is 0.472 e. The number of unbranched alkanes of at least 4 members (excludes halogenated alkanes) is 35. The van der Waals surface area contributed by atoms with Crippen molar-refractivity contribution in [2.24, 2.45) is 0 Å². The first-order valence-electron chi connectivity index (χ1n) is 28.2. The van der Waals surface area contributed by atoms with Crippen molar-refractivity contribution in [3.63, 3.8) is 0 Å². The average Bonchev–Trinajstić information content (AvgIpc) is 3.26. The smallest absolute Gasteiger partial charge is 0.391 e. The van der Waals surface area contributed by atoms with E-state index >= 15 is 0 Å². The van der Waals surface area contributed by atoms with Crippen LogP contribution in [-0.2, 0) is 18.4 Å². The molecule has 0 aliphatic heterocycles. The summed E-state index contributed by atoms with van der Waals surface area (Å²) in [6.07, 6.45) is 59.9. The molecule has 0 aliphatic rings. The largest absolute Gasteiger partial charge is 0.472 e. The lowest BCUT2D eigenvalue weighted by atomic mass is 10.0. The van der Waals surface area contributed by atoms with Crippen LogP contribution in [0.1, 0.15) is 277 Å². The zero-order chi connectivity index (χ0) is 47.8. The molecule has 3 atom stereocenters. The number of amides is 1. The van der Waals surface area contributed by atoms with E-state index in [1.54, 1.807) is 0 Å². The van der Waals surface area contributed by atoms with Crippen molar-refractivity contribution in [2.75, 3.05) is 40.9 Å². The van der Waals surface area contributed by atoms with Crippen LogP contribution in [0.3, 0.4) is 0 Å². The second-order valence-electron chi connectivity index (χ2n) is 20.7. The van der Waals surface area contributed by atoms with E-state index in [1.165, 1.54) is 205 Å². The molecule has 0 aromatic rings. The van der Waals surface area contributed by atoms with Gasteiger partial charge in [0, 0.05) is 6.42 Å². The summed E-state index contributed by atoms with van der Waals surface area (Å²) in [5.41, 5.74) is 0. The van der Waals surface area contributed by atoms with E-state index in [2.05, 4.69) is 43.5 Å². The highest BCUT2D eigenvalue weighted by Gasteiger charge is 2.28. The molecular weight excluding hydrogens is 828 g/mol. The number of rotatable bonds is 52. The molecular formula is C56H112N2O6P+. The predicted molar refractivity (Wildman–Crippen MR) is 281 cm³/mol. The second-order valence-corrected chi connectivity index (χ2v) is 22.1. The Labute approximate surface area is 404 Å². The first kappa shape index (κ1) is 64.0. The third kappa shape index (κ3) is 50.7. The number of likely N-dealkylation sites (N-methyl/N-ethyl adjacent to an activating group) is 1. The minimum Gasteiger partial charge on any atom is -0.391 e. The first-order valence-corrected chi connectivity index (χ1v) is 29.7. The molecule has 0 fully saturated rings. The van der Waals surface area contributed by atoms with Gasteiger partial charge in [0.15, 0.2) is 0 Å². The summed E-state index contributed by atoms with van der Waals surface area (Å²) >= 11 is 0. The van der Waals surface area contributed by atoms with E-state index in [0.717, 1.165) is 44.9 Å². The van der Waals surface area contributed by atoms with Crippen LogP contribution in [0.25, 0.3) is 0 Å². The van der Waals surface area contributed by atoms with Crippen molar-refractivity contribution in [1.29, 1.82) is 0 Å². The van der Waals surface area contributed by atoms with Crippen LogP contribution < -0.4 is 5.32 Å². The van der Waals surface area contributed by atoms with Gasteiger partial charge in [-0.15, -0.1) is 0 Å². The summed E-state index contributed by atoms with van der Waals surface area (Å²) in [4.78, 5) is 23.2. The van der Waals surface area contributed by atoms with E-state index in [1.807, 2.05) is 21.1 Å². The Morgan fingerprint density at radius 3 is 1.26 bits per heavy atom. The molecule has 65 heavy (non-hydrogen) atoms. The lowest BCUT2D eigenvalue weighted by Gasteiger charge is -2.26. The van der Waals surface area contributed by atoms with Gasteiger partial charge in [-0.2, -0.15) is 0 Å². The number of aliphatic hydroxyl groups excluding tert-OH is 1. The molecule has 3 N–H and O–H groups in total. The van der Waals surface area contributed by atoms with Gasteiger partial charge >= 0.3 is 7.82 Å². The van der Waals surface area contributed by atoms with E-state index in [-0.39, 0.29) is 19.1 Å². The highest BCUT2D eigenvalue weighted by atomic mass is 31.2. The van der Waals surface area contributed by atoms with Crippen molar-refractivity contribution in [1.82, 2.24) is 5.32 Å². The second kappa shape index (κ2) is 48.0. The summed E-state index contributed by atoms with van der Waals surface area (Å²) in [7, 11) is 1.62. The molecule has 0 saturated heterocycles. The average molecular weight is 940 g/mol. The Morgan fingerprint density at radius 2 is 0.877 bits per heavy atom. The maximum atomic E-state index is 12.9. The quantitative estimate of drug-likeness (QED) is 0.0243. The number of nitrogens with one attached hydrogen (secondary N) is 1. The third-order valence-corrected chi connectivity index (χ3v) is 13.9. The molecule has 0 spiro atoms. The molecule has 0 aliphatic carbocycles. The molecule has 0 heterocycles. The van der Waals surface area contributed by atoms with Crippen LogP contribution in [-0.4, -0.2) is 73.4 Å². The van der Waals surface area contributed by atoms with Crippen LogP contribution in [0.2, 0.25) is 0 Å². The molecule has 386 valence electrons. The Morgan fingerprint density at radius 1 is 0.523 bits per heavy atom. The molecule has 1 amide bonds. The summed E-state index contributed by atoms with van der Waals surface area (Å²) in [6.45, 7) is 4.86. The van der Waals surface area contributed by atoms with E-state index in [4.69, 9.17) is 9.05 Å². The fourth-order valence-electron chi connectivity index (χ4n) is 8.49. The van der Waals surface area contributed by atoms with Gasteiger partial charge in [-0.1, -0.05) is 250 Å². The number of phosphoric ester groups is 1. The van der Waals surface area contributed by atoms with Gasteiger partial charge in [0.25, 0.3) is 0 Å². The molecule has 0 rings (SSSR count). The standard InChI is InChI=1S/C56H111N2O6P/c1-6-8-10-12-14-16-17-18-19-20-21-22-23-24-25-26-27-28-29-30-31-32-33-34-35-36-37-38-39-40-41-42-44-46-48-50-56(60)57-54(53-64-65(61,62)63-52-51-58(3,4)5)55(59)49-47-45-43-15-13-11-9-7-2/h17-18,20-21,54-55,59H,6-16,19,22-53H2,1-5H3,(H-,57,60,61,62)/p+1/b18-17-,21-20-. The number of hydrogen-bond acceptors (Lipinski definition) is 5. The lowest BCUT2D eigenvalue weighted by molar-refractivity contribution is -0.870. The number of carbonyl (C=O) groups is 1. The Hall–Kier alpha value is -1.02. The van der Waals surface area contributed by atoms with Crippen molar-refractivity contribution < 1.29 is 32.9 Å². The van der Waals surface area contributed by atoms with Gasteiger partial charge in [-0.25, -0.2) is 4.57 Å². The number of quaternary nitrogens is 1. The Balaban J connectivity index is 3.81. The predicted octanol–water partition coefficient (Wildman–Crippen LogP) is 16.8. The van der Waals surface area contributed by atoms with Crippen LogP contribution in [0.4, 0.5) is 0 Å². The summed E-state index contributed by atoms with van der Waals surface area (Å²) in [5, 5.41) is 13.9. The number of carbonyl (C=O) groups excluding carboxylic acids is 1. The van der Waals surface area contributed by atoms with E-state index < -0.39 is 20.0 Å².